The summed E-state index contributed by atoms with van der Waals surface area (Å²) in [6.07, 6.45) is 7.34. The molecule has 138 valence electrons. The number of carbonyl (C=O) groups excluding carboxylic acids is 1. The summed E-state index contributed by atoms with van der Waals surface area (Å²) in [5.41, 5.74) is 7.33. The minimum absolute atomic E-state index is 0. The van der Waals surface area contributed by atoms with E-state index in [2.05, 4.69) is 15.3 Å². The van der Waals surface area contributed by atoms with Crippen molar-refractivity contribution in [3.63, 3.8) is 0 Å². The van der Waals surface area contributed by atoms with E-state index in [-0.39, 0.29) is 30.7 Å². The zero-order valence-corrected chi connectivity index (χ0v) is 16.4. The van der Waals surface area contributed by atoms with Crippen LogP contribution in [-0.2, 0) is 11.2 Å². The van der Waals surface area contributed by atoms with Gasteiger partial charge in [0.15, 0.2) is 0 Å². The fourth-order valence-corrected chi connectivity index (χ4v) is 3.72. The summed E-state index contributed by atoms with van der Waals surface area (Å²) < 4.78 is 0. The molecule has 1 aliphatic carbocycles. The van der Waals surface area contributed by atoms with E-state index in [1.807, 2.05) is 23.6 Å². The van der Waals surface area contributed by atoms with Crippen molar-refractivity contribution in [3.8, 4) is 11.4 Å². The van der Waals surface area contributed by atoms with Gasteiger partial charge in [0, 0.05) is 24.5 Å². The normalized spacial score (nSPS) is 15.6. The maximum absolute atomic E-state index is 12.3. The van der Waals surface area contributed by atoms with Crippen molar-refractivity contribution >= 4 is 42.1 Å². The summed E-state index contributed by atoms with van der Waals surface area (Å²) in [6.45, 7) is 0.576. The standard InChI is InChI=1S/C17H22N4OS.2ClH/c18-17(8-3-1-4-9-17)16(22)20-11-7-15-21-14(12-23-15)13-6-2-5-10-19-13;;/h2,5-6,10,12H,1,3-4,7-9,11,18H2,(H,20,22);2*1H. The van der Waals surface area contributed by atoms with Crippen molar-refractivity contribution < 1.29 is 4.79 Å². The molecule has 8 heteroatoms. The largest absolute Gasteiger partial charge is 0.354 e. The number of halogens is 2. The Morgan fingerprint density at radius 1 is 1.20 bits per heavy atom. The molecule has 0 unspecified atom stereocenters. The topological polar surface area (TPSA) is 80.9 Å². The zero-order chi connectivity index (χ0) is 16.1. The highest BCUT2D eigenvalue weighted by Gasteiger charge is 2.34. The van der Waals surface area contributed by atoms with Gasteiger partial charge in [-0.15, -0.1) is 36.2 Å². The van der Waals surface area contributed by atoms with Crippen LogP contribution in [-0.4, -0.2) is 28.0 Å². The van der Waals surface area contributed by atoms with E-state index in [4.69, 9.17) is 5.73 Å². The maximum Gasteiger partial charge on any atom is 0.240 e. The molecule has 0 spiro atoms. The number of rotatable bonds is 5. The molecule has 0 atom stereocenters. The molecule has 0 aliphatic heterocycles. The maximum atomic E-state index is 12.3. The van der Waals surface area contributed by atoms with E-state index >= 15 is 0 Å². The van der Waals surface area contributed by atoms with Crippen LogP contribution in [0.3, 0.4) is 0 Å². The first-order chi connectivity index (χ1) is 11.2. The Hall–Kier alpha value is -1.21. The van der Waals surface area contributed by atoms with Gasteiger partial charge in [0.1, 0.15) is 0 Å². The number of hydrogen-bond acceptors (Lipinski definition) is 5. The van der Waals surface area contributed by atoms with Crippen molar-refractivity contribution in [2.75, 3.05) is 6.54 Å². The van der Waals surface area contributed by atoms with Crippen LogP contribution in [0, 0.1) is 0 Å². The zero-order valence-electron chi connectivity index (χ0n) is 13.9. The quantitative estimate of drug-likeness (QED) is 0.802. The SMILES string of the molecule is Cl.Cl.NC1(C(=O)NCCc2nc(-c3ccccn3)cs2)CCCCC1. The monoisotopic (exact) mass is 402 g/mol. The number of amides is 1. The average Bonchev–Trinajstić information content (AvgIpc) is 3.05. The summed E-state index contributed by atoms with van der Waals surface area (Å²) >= 11 is 1.60. The van der Waals surface area contributed by atoms with Gasteiger partial charge in [0.25, 0.3) is 0 Å². The van der Waals surface area contributed by atoms with Crippen LogP contribution < -0.4 is 11.1 Å². The Kier molecular flexibility index (Phi) is 8.79. The van der Waals surface area contributed by atoms with Crippen molar-refractivity contribution in [3.05, 3.63) is 34.8 Å². The molecule has 0 saturated heterocycles. The Balaban J connectivity index is 0.00000156. The predicted octanol–water partition coefficient (Wildman–Crippen LogP) is 3.37. The van der Waals surface area contributed by atoms with Crippen LogP contribution in [0.1, 0.15) is 37.1 Å². The highest BCUT2D eigenvalue weighted by atomic mass is 35.5. The van der Waals surface area contributed by atoms with E-state index in [9.17, 15) is 4.79 Å². The molecule has 1 fully saturated rings. The Bertz CT molecular complexity index is 660. The molecule has 1 aliphatic rings. The van der Waals surface area contributed by atoms with Crippen LogP contribution in [0.25, 0.3) is 11.4 Å². The average molecular weight is 403 g/mol. The van der Waals surface area contributed by atoms with Gasteiger partial charge >= 0.3 is 0 Å². The van der Waals surface area contributed by atoms with Crippen LogP contribution in [0.2, 0.25) is 0 Å². The van der Waals surface area contributed by atoms with E-state index < -0.39 is 5.54 Å². The van der Waals surface area contributed by atoms with E-state index in [0.29, 0.717) is 6.54 Å². The Morgan fingerprint density at radius 2 is 1.96 bits per heavy atom. The number of aromatic nitrogens is 2. The Morgan fingerprint density at radius 3 is 2.64 bits per heavy atom. The number of nitrogens with one attached hydrogen (secondary N) is 1. The molecule has 3 N–H and O–H groups in total. The molecule has 5 nitrogen and oxygen atoms in total. The van der Waals surface area contributed by atoms with Gasteiger partial charge in [-0.05, 0) is 25.0 Å². The third-order valence-electron chi connectivity index (χ3n) is 4.30. The van der Waals surface area contributed by atoms with Gasteiger partial charge in [-0.3, -0.25) is 9.78 Å². The lowest BCUT2D eigenvalue weighted by Crippen LogP contribution is -2.55. The highest BCUT2D eigenvalue weighted by Crippen LogP contribution is 2.26. The number of pyridine rings is 1. The molecule has 1 saturated carbocycles. The second-order valence-corrected chi connectivity index (χ2v) is 7.01. The molecule has 0 aromatic carbocycles. The van der Waals surface area contributed by atoms with Crippen molar-refractivity contribution in [1.29, 1.82) is 0 Å². The third-order valence-corrected chi connectivity index (χ3v) is 5.21. The minimum atomic E-state index is -0.666. The fraction of sp³-hybridized carbons (Fsp3) is 0.471. The summed E-state index contributed by atoms with van der Waals surface area (Å²) in [6, 6.07) is 5.79. The van der Waals surface area contributed by atoms with Gasteiger partial charge in [-0.2, -0.15) is 0 Å². The molecule has 2 aromatic heterocycles. The van der Waals surface area contributed by atoms with Gasteiger partial charge in [-0.1, -0.05) is 25.3 Å². The van der Waals surface area contributed by atoms with Gasteiger partial charge in [0.05, 0.1) is 21.9 Å². The first-order valence-corrected chi connectivity index (χ1v) is 8.98. The lowest BCUT2D eigenvalue weighted by atomic mass is 9.82. The van der Waals surface area contributed by atoms with Crippen LogP contribution in [0.4, 0.5) is 0 Å². The van der Waals surface area contributed by atoms with Gasteiger partial charge < -0.3 is 11.1 Å². The van der Waals surface area contributed by atoms with Crippen molar-refractivity contribution in [2.45, 2.75) is 44.1 Å². The Labute approximate surface area is 164 Å². The molecule has 2 heterocycles. The van der Waals surface area contributed by atoms with Gasteiger partial charge in [0.2, 0.25) is 5.91 Å². The fourth-order valence-electron chi connectivity index (χ4n) is 2.93. The molecule has 2 aromatic rings. The first kappa shape index (κ1) is 21.8. The van der Waals surface area contributed by atoms with E-state index in [1.165, 1.54) is 6.42 Å². The summed E-state index contributed by atoms with van der Waals surface area (Å²) in [7, 11) is 0. The number of hydrogen-bond donors (Lipinski definition) is 2. The van der Waals surface area contributed by atoms with Crippen molar-refractivity contribution in [2.24, 2.45) is 5.73 Å². The number of thiazole rings is 1. The minimum Gasteiger partial charge on any atom is -0.354 e. The molecular formula is C17H24Cl2N4OS. The lowest BCUT2D eigenvalue weighted by molar-refractivity contribution is -0.127. The molecule has 1 amide bonds. The third kappa shape index (κ3) is 5.64. The lowest BCUT2D eigenvalue weighted by Gasteiger charge is -2.31. The van der Waals surface area contributed by atoms with Crippen LogP contribution >= 0.6 is 36.2 Å². The smallest absolute Gasteiger partial charge is 0.240 e. The summed E-state index contributed by atoms with van der Waals surface area (Å²) in [4.78, 5) is 21.2. The number of nitrogens with two attached hydrogens (primary N) is 1. The highest BCUT2D eigenvalue weighted by molar-refractivity contribution is 7.09. The summed E-state index contributed by atoms with van der Waals surface area (Å²) in [5, 5.41) is 5.98. The van der Waals surface area contributed by atoms with E-state index in [0.717, 1.165) is 48.5 Å². The summed E-state index contributed by atoms with van der Waals surface area (Å²) in [5.74, 6) is -0.0151. The number of carbonyl (C=O) groups is 1. The van der Waals surface area contributed by atoms with Crippen molar-refractivity contribution in [1.82, 2.24) is 15.3 Å². The molecule has 0 radical (unpaired) electrons. The molecular weight excluding hydrogens is 379 g/mol. The van der Waals surface area contributed by atoms with Crippen LogP contribution in [0.5, 0.6) is 0 Å². The predicted molar refractivity (Wildman–Crippen MR) is 107 cm³/mol. The molecule has 3 rings (SSSR count). The van der Waals surface area contributed by atoms with E-state index in [1.54, 1.807) is 17.5 Å². The molecule has 25 heavy (non-hydrogen) atoms. The molecule has 0 bridgehead atoms. The number of nitrogens with zero attached hydrogens (tertiary/aromatic N) is 2. The second kappa shape index (κ2) is 10.1. The van der Waals surface area contributed by atoms with Gasteiger partial charge in [-0.25, -0.2) is 4.98 Å². The first-order valence-electron chi connectivity index (χ1n) is 8.10. The second-order valence-electron chi connectivity index (χ2n) is 6.06. The van der Waals surface area contributed by atoms with Crippen LogP contribution in [0.15, 0.2) is 29.8 Å².